The summed E-state index contributed by atoms with van der Waals surface area (Å²) in [5.74, 6) is 0.831. The van der Waals surface area contributed by atoms with Crippen molar-refractivity contribution >= 4 is 5.91 Å². The lowest BCUT2D eigenvalue weighted by molar-refractivity contribution is -0.129. The van der Waals surface area contributed by atoms with Crippen LogP contribution < -0.4 is 11.1 Å². The van der Waals surface area contributed by atoms with Crippen molar-refractivity contribution in [2.45, 2.75) is 51.2 Å². The summed E-state index contributed by atoms with van der Waals surface area (Å²) in [6.07, 6.45) is 2.55. The van der Waals surface area contributed by atoms with Crippen molar-refractivity contribution in [3.05, 3.63) is 0 Å². The third-order valence-electron chi connectivity index (χ3n) is 3.74. The van der Waals surface area contributed by atoms with E-state index in [1.807, 2.05) is 20.8 Å². The van der Waals surface area contributed by atoms with Crippen LogP contribution in [0, 0.1) is 5.92 Å². The number of nitrogens with two attached hydrogens (primary N) is 1. The second-order valence-corrected chi connectivity index (χ2v) is 5.75. The molecule has 1 atom stereocenters. The van der Waals surface area contributed by atoms with Gasteiger partial charge >= 0.3 is 0 Å². The fourth-order valence-electron chi connectivity index (χ4n) is 2.47. The largest absolute Gasteiger partial charge is 0.353 e. The molecule has 3 N–H and O–H groups in total. The summed E-state index contributed by atoms with van der Waals surface area (Å²) in [7, 11) is 0. The van der Waals surface area contributed by atoms with Gasteiger partial charge in [0.1, 0.15) is 0 Å². The number of hydrogen-bond acceptors (Lipinski definition) is 3. The smallest absolute Gasteiger partial charge is 0.237 e. The van der Waals surface area contributed by atoms with Gasteiger partial charge in [0.15, 0.2) is 0 Å². The van der Waals surface area contributed by atoms with Crippen LogP contribution >= 0.6 is 0 Å². The molecular weight excluding hydrogens is 202 g/mol. The van der Waals surface area contributed by atoms with E-state index < -0.39 is 0 Å². The molecule has 16 heavy (non-hydrogen) atoms. The maximum Gasteiger partial charge on any atom is 0.237 e. The number of nitrogens with one attached hydrogen (secondary N) is 1. The third kappa shape index (κ3) is 2.23. The molecule has 0 radical (unpaired) electrons. The Morgan fingerprint density at radius 2 is 1.94 bits per heavy atom. The molecule has 0 spiro atoms. The van der Waals surface area contributed by atoms with Crippen molar-refractivity contribution in [3.63, 3.8) is 0 Å². The van der Waals surface area contributed by atoms with Gasteiger partial charge in [-0.2, -0.15) is 0 Å². The number of carbonyl (C=O) groups is 1. The van der Waals surface area contributed by atoms with Crippen molar-refractivity contribution in [1.82, 2.24) is 10.2 Å². The number of carbonyl (C=O) groups excluding carboxylic acids is 1. The highest BCUT2D eigenvalue weighted by molar-refractivity contribution is 5.81. The van der Waals surface area contributed by atoms with Gasteiger partial charge in [-0.15, -0.1) is 0 Å². The highest BCUT2D eigenvalue weighted by Gasteiger charge is 2.51. The van der Waals surface area contributed by atoms with E-state index in [-0.39, 0.29) is 23.5 Å². The first-order valence-corrected chi connectivity index (χ1v) is 6.26. The van der Waals surface area contributed by atoms with Gasteiger partial charge in [-0.25, -0.2) is 0 Å². The van der Waals surface area contributed by atoms with Crippen molar-refractivity contribution in [2.24, 2.45) is 11.7 Å². The quantitative estimate of drug-likeness (QED) is 0.724. The van der Waals surface area contributed by atoms with Crippen LogP contribution in [0.1, 0.15) is 33.6 Å². The Labute approximate surface area is 97.6 Å². The molecule has 1 saturated heterocycles. The first-order chi connectivity index (χ1) is 7.42. The summed E-state index contributed by atoms with van der Waals surface area (Å²) in [4.78, 5) is 14.0. The molecule has 2 aliphatic rings. The molecule has 4 heteroatoms. The van der Waals surface area contributed by atoms with E-state index >= 15 is 0 Å². The average molecular weight is 225 g/mol. The molecule has 0 aromatic rings. The molecule has 0 aromatic carbocycles. The number of likely N-dealkylation sites (tertiary alicyclic amines) is 1. The van der Waals surface area contributed by atoms with E-state index in [9.17, 15) is 4.79 Å². The summed E-state index contributed by atoms with van der Waals surface area (Å²) in [6, 6.07) is 0.167. The Kier molecular flexibility index (Phi) is 2.97. The molecule has 1 saturated carbocycles. The van der Waals surface area contributed by atoms with Crippen LogP contribution in [0.3, 0.4) is 0 Å². The van der Waals surface area contributed by atoms with Crippen LogP contribution in [0.5, 0.6) is 0 Å². The first-order valence-electron chi connectivity index (χ1n) is 6.26. The van der Waals surface area contributed by atoms with E-state index in [2.05, 4.69) is 10.2 Å². The van der Waals surface area contributed by atoms with E-state index in [0.717, 1.165) is 13.1 Å². The minimum Gasteiger partial charge on any atom is -0.353 e. The molecule has 4 nitrogen and oxygen atoms in total. The number of amides is 1. The van der Waals surface area contributed by atoms with Gasteiger partial charge in [0.05, 0.1) is 6.04 Å². The second-order valence-electron chi connectivity index (χ2n) is 5.75. The van der Waals surface area contributed by atoms with Crippen LogP contribution in [-0.2, 0) is 4.79 Å². The monoisotopic (exact) mass is 225 g/mol. The lowest BCUT2D eigenvalue weighted by Crippen LogP contribution is -2.71. The first kappa shape index (κ1) is 11.9. The summed E-state index contributed by atoms with van der Waals surface area (Å²) >= 11 is 0. The van der Waals surface area contributed by atoms with Gasteiger partial charge in [-0.3, -0.25) is 9.69 Å². The number of nitrogens with zero attached hydrogens (tertiary/aromatic N) is 1. The minimum absolute atomic E-state index is 0.00632. The average Bonchev–Trinajstić information content (AvgIpc) is 2.93. The maximum atomic E-state index is 11.8. The highest BCUT2D eigenvalue weighted by Crippen LogP contribution is 2.43. The molecule has 1 amide bonds. The molecule has 0 aromatic heterocycles. The van der Waals surface area contributed by atoms with E-state index in [0.29, 0.717) is 5.92 Å². The van der Waals surface area contributed by atoms with Crippen LogP contribution in [-0.4, -0.2) is 41.5 Å². The number of rotatable bonds is 4. The predicted molar refractivity (Wildman–Crippen MR) is 64.0 cm³/mol. The van der Waals surface area contributed by atoms with Crippen molar-refractivity contribution in [1.29, 1.82) is 0 Å². The molecule has 1 aliphatic carbocycles. The predicted octanol–water partition coefficient (Wildman–Crippen LogP) is 0.323. The fraction of sp³-hybridized carbons (Fsp3) is 0.917. The lowest BCUT2D eigenvalue weighted by atomic mass is 9.84. The Morgan fingerprint density at radius 1 is 1.38 bits per heavy atom. The highest BCUT2D eigenvalue weighted by atomic mass is 16.2. The zero-order valence-corrected chi connectivity index (χ0v) is 10.5. The Bertz CT molecular complexity index is 280. The second kappa shape index (κ2) is 4.00. The topological polar surface area (TPSA) is 58.4 Å². The molecule has 1 aliphatic heterocycles. The SMILES string of the molecule is CC(C)NC(=O)C(C)N1CC(N)(C2CC2)C1. The zero-order valence-electron chi connectivity index (χ0n) is 10.5. The summed E-state index contributed by atoms with van der Waals surface area (Å²) in [5.41, 5.74) is 6.27. The van der Waals surface area contributed by atoms with Crippen molar-refractivity contribution in [3.8, 4) is 0 Å². The molecule has 2 fully saturated rings. The van der Waals surface area contributed by atoms with Gasteiger partial charge in [0.2, 0.25) is 5.91 Å². The normalized spacial score (nSPS) is 26.3. The molecule has 1 heterocycles. The summed E-state index contributed by atoms with van der Waals surface area (Å²) in [5, 5.41) is 2.94. The molecule has 2 rings (SSSR count). The van der Waals surface area contributed by atoms with Crippen molar-refractivity contribution < 1.29 is 4.79 Å². The fourth-order valence-corrected chi connectivity index (χ4v) is 2.47. The molecule has 92 valence electrons. The third-order valence-corrected chi connectivity index (χ3v) is 3.74. The standard InChI is InChI=1S/C12H23N3O/c1-8(2)14-11(16)9(3)15-6-12(13,7-15)10-4-5-10/h8-10H,4-7,13H2,1-3H3,(H,14,16). The van der Waals surface area contributed by atoms with Crippen LogP contribution in [0.15, 0.2) is 0 Å². The van der Waals surface area contributed by atoms with Crippen molar-refractivity contribution in [2.75, 3.05) is 13.1 Å². The van der Waals surface area contributed by atoms with Gasteiger partial charge in [0.25, 0.3) is 0 Å². The van der Waals surface area contributed by atoms with Gasteiger partial charge < -0.3 is 11.1 Å². The number of hydrogen-bond donors (Lipinski definition) is 2. The Hall–Kier alpha value is -0.610. The lowest BCUT2D eigenvalue weighted by Gasteiger charge is -2.50. The van der Waals surface area contributed by atoms with E-state index in [1.165, 1.54) is 12.8 Å². The van der Waals surface area contributed by atoms with Crippen LogP contribution in [0.25, 0.3) is 0 Å². The van der Waals surface area contributed by atoms with E-state index in [1.54, 1.807) is 0 Å². The maximum absolute atomic E-state index is 11.8. The summed E-state index contributed by atoms with van der Waals surface area (Å²) < 4.78 is 0. The van der Waals surface area contributed by atoms with E-state index in [4.69, 9.17) is 5.73 Å². The van der Waals surface area contributed by atoms with Crippen LogP contribution in [0.2, 0.25) is 0 Å². The van der Waals surface area contributed by atoms with Gasteiger partial charge in [-0.1, -0.05) is 0 Å². The molecular formula is C12H23N3O. The summed E-state index contributed by atoms with van der Waals surface area (Å²) in [6.45, 7) is 7.69. The minimum atomic E-state index is -0.0437. The Balaban J connectivity index is 1.80. The van der Waals surface area contributed by atoms with Gasteiger partial charge in [0, 0.05) is 24.7 Å². The Morgan fingerprint density at radius 3 is 2.38 bits per heavy atom. The zero-order chi connectivity index (χ0) is 11.9. The molecule has 1 unspecified atom stereocenters. The van der Waals surface area contributed by atoms with Gasteiger partial charge in [-0.05, 0) is 39.5 Å². The molecule has 0 bridgehead atoms. The van der Waals surface area contributed by atoms with Crippen LogP contribution in [0.4, 0.5) is 0 Å².